The Bertz CT molecular complexity index is 818. The lowest BCUT2D eigenvalue weighted by Gasteiger charge is -2.34. The third-order valence-electron chi connectivity index (χ3n) is 5.53. The second kappa shape index (κ2) is 7.58. The van der Waals surface area contributed by atoms with E-state index in [1.165, 1.54) is 0 Å². The summed E-state index contributed by atoms with van der Waals surface area (Å²) in [5.74, 6) is 0. The summed E-state index contributed by atoms with van der Waals surface area (Å²) in [4.78, 5) is 0. The first-order valence-corrected chi connectivity index (χ1v) is 8.66. The molecule has 32 heavy (non-hydrogen) atoms. The lowest BCUT2D eigenvalue weighted by molar-refractivity contribution is -0.298. The standard InChI is InChI=1S/C20H14F12/c1-15(17(21,22)23,18(24,25)26)13-7-3-11(4-8-13)12-5-9-14(10-6-12)16(2,19(27,28)29)20(30,31)32/h3-10H,1-2H3. The van der Waals surface area contributed by atoms with Gasteiger partial charge in [-0.05, 0) is 36.1 Å². The van der Waals surface area contributed by atoms with E-state index in [9.17, 15) is 52.7 Å². The van der Waals surface area contributed by atoms with Crippen molar-refractivity contribution >= 4 is 0 Å². The summed E-state index contributed by atoms with van der Waals surface area (Å²) in [6, 6.07) is 5.69. The summed E-state index contributed by atoms with van der Waals surface area (Å²) in [6.07, 6.45) is -22.7. The van der Waals surface area contributed by atoms with E-state index in [0.717, 1.165) is 24.3 Å². The molecule has 0 aromatic heterocycles. The summed E-state index contributed by atoms with van der Waals surface area (Å²) in [7, 11) is 0. The molecule has 0 saturated heterocycles. The Hall–Kier alpha value is -2.40. The second-order valence-electron chi connectivity index (χ2n) is 7.40. The molecule has 0 aliphatic heterocycles. The highest BCUT2D eigenvalue weighted by molar-refractivity contribution is 5.64. The van der Waals surface area contributed by atoms with Gasteiger partial charge in [0.2, 0.25) is 0 Å². The molecule has 0 spiro atoms. The predicted molar refractivity (Wildman–Crippen MR) is 90.8 cm³/mol. The molecule has 12 heteroatoms. The van der Waals surface area contributed by atoms with Crippen molar-refractivity contribution < 1.29 is 52.7 Å². The van der Waals surface area contributed by atoms with Crippen LogP contribution in [0.25, 0.3) is 11.1 Å². The van der Waals surface area contributed by atoms with Crippen LogP contribution in [0.5, 0.6) is 0 Å². The van der Waals surface area contributed by atoms with Gasteiger partial charge in [0.15, 0.2) is 10.8 Å². The number of rotatable bonds is 3. The van der Waals surface area contributed by atoms with Crippen molar-refractivity contribution in [2.24, 2.45) is 0 Å². The minimum atomic E-state index is -5.67. The lowest BCUT2D eigenvalue weighted by atomic mass is 9.79. The third kappa shape index (κ3) is 4.03. The van der Waals surface area contributed by atoms with Gasteiger partial charge in [-0.3, -0.25) is 0 Å². The van der Waals surface area contributed by atoms with Crippen molar-refractivity contribution in [2.45, 2.75) is 49.4 Å². The Morgan fingerprint density at radius 3 is 0.719 bits per heavy atom. The van der Waals surface area contributed by atoms with E-state index in [1.807, 2.05) is 0 Å². The van der Waals surface area contributed by atoms with Crippen LogP contribution in [-0.4, -0.2) is 24.7 Å². The molecule has 0 bridgehead atoms. The van der Waals surface area contributed by atoms with Gasteiger partial charge in [-0.2, -0.15) is 52.7 Å². The van der Waals surface area contributed by atoms with Crippen molar-refractivity contribution in [3.05, 3.63) is 59.7 Å². The van der Waals surface area contributed by atoms with Crippen LogP contribution in [0.2, 0.25) is 0 Å². The molecule has 0 atom stereocenters. The van der Waals surface area contributed by atoms with Gasteiger partial charge in [0.05, 0.1) is 0 Å². The van der Waals surface area contributed by atoms with Crippen LogP contribution in [0, 0.1) is 0 Å². The van der Waals surface area contributed by atoms with Gasteiger partial charge in [0.1, 0.15) is 0 Å². The summed E-state index contributed by atoms with van der Waals surface area (Å²) in [6.45, 7) is -0.0716. The Morgan fingerprint density at radius 1 is 0.375 bits per heavy atom. The summed E-state index contributed by atoms with van der Waals surface area (Å²) in [5, 5.41) is 0. The molecule has 0 aliphatic carbocycles. The molecular formula is C20H14F12. The van der Waals surface area contributed by atoms with Crippen LogP contribution in [0.3, 0.4) is 0 Å². The molecule has 0 saturated carbocycles. The topological polar surface area (TPSA) is 0 Å². The van der Waals surface area contributed by atoms with Crippen LogP contribution < -0.4 is 0 Å². The minimum absolute atomic E-state index is 0.00674. The molecule has 0 aliphatic rings. The van der Waals surface area contributed by atoms with E-state index in [2.05, 4.69) is 0 Å². The van der Waals surface area contributed by atoms with Gasteiger partial charge in [-0.15, -0.1) is 0 Å². The molecule has 2 aromatic carbocycles. The van der Waals surface area contributed by atoms with Crippen molar-refractivity contribution in [1.82, 2.24) is 0 Å². The monoisotopic (exact) mass is 482 g/mol. The predicted octanol–water partition coefficient (Wildman–Crippen LogP) is 8.12. The van der Waals surface area contributed by atoms with Gasteiger partial charge in [0.25, 0.3) is 0 Å². The Balaban J connectivity index is 2.48. The largest absolute Gasteiger partial charge is 0.406 e. The summed E-state index contributed by atoms with van der Waals surface area (Å²) < 4.78 is 158. The van der Waals surface area contributed by atoms with Crippen molar-refractivity contribution in [3.8, 4) is 11.1 Å². The van der Waals surface area contributed by atoms with Crippen molar-refractivity contribution in [2.75, 3.05) is 0 Å². The highest BCUT2D eigenvalue weighted by Crippen LogP contribution is 2.53. The van der Waals surface area contributed by atoms with Crippen LogP contribution in [0.4, 0.5) is 52.7 Å². The van der Waals surface area contributed by atoms with E-state index in [-0.39, 0.29) is 25.0 Å². The molecule has 0 radical (unpaired) electrons. The maximum atomic E-state index is 13.2. The Kier molecular flexibility index (Phi) is 6.13. The van der Waals surface area contributed by atoms with Crippen LogP contribution in [0.1, 0.15) is 25.0 Å². The number of alkyl halides is 12. The number of benzene rings is 2. The van der Waals surface area contributed by atoms with Crippen molar-refractivity contribution in [3.63, 3.8) is 0 Å². The normalized spacial score (nSPS) is 14.6. The summed E-state index contributed by atoms with van der Waals surface area (Å²) in [5.41, 5.74) is -10.6. The van der Waals surface area contributed by atoms with Gasteiger partial charge in [-0.1, -0.05) is 48.5 Å². The maximum absolute atomic E-state index is 13.2. The zero-order chi connectivity index (χ0) is 25.0. The zero-order valence-electron chi connectivity index (χ0n) is 16.2. The Labute approximate surface area is 173 Å². The van der Waals surface area contributed by atoms with E-state index >= 15 is 0 Å². The SMILES string of the molecule is CC(c1ccc(-c2ccc(C(C)(C(F)(F)F)C(F)(F)F)cc2)cc1)(C(F)(F)F)C(F)(F)F. The fourth-order valence-electron chi connectivity index (χ4n) is 2.97. The average molecular weight is 482 g/mol. The van der Waals surface area contributed by atoms with Crippen molar-refractivity contribution in [1.29, 1.82) is 0 Å². The van der Waals surface area contributed by atoms with Gasteiger partial charge in [-0.25, -0.2) is 0 Å². The molecule has 0 N–H and O–H groups in total. The van der Waals surface area contributed by atoms with Crippen LogP contribution in [0.15, 0.2) is 48.5 Å². The number of halogens is 12. The summed E-state index contributed by atoms with van der Waals surface area (Å²) >= 11 is 0. The molecule has 2 rings (SSSR count). The Morgan fingerprint density at radius 2 is 0.562 bits per heavy atom. The van der Waals surface area contributed by atoms with Crippen LogP contribution >= 0.6 is 0 Å². The van der Waals surface area contributed by atoms with Gasteiger partial charge in [0, 0.05) is 0 Å². The van der Waals surface area contributed by atoms with Crippen LogP contribution in [-0.2, 0) is 10.8 Å². The average Bonchev–Trinajstić information content (AvgIpc) is 2.63. The van der Waals surface area contributed by atoms with E-state index < -0.39 is 46.7 Å². The fraction of sp³-hybridized carbons (Fsp3) is 0.400. The maximum Gasteiger partial charge on any atom is 0.406 e. The first-order chi connectivity index (χ1) is 14.2. The van der Waals surface area contributed by atoms with Gasteiger partial charge >= 0.3 is 24.7 Å². The quantitative estimate of drug-likeness (QED) is 0.388. The fourth-order valence-corrected chi connectivity index (χ4v) is 2.97. The highest BCUT2D eigenvalue weighted by Gasteiger charge is 2.69. The molecule has 178 valence electrons. The molecule has 0 nitrogen and oxygen atoms in total. The van der Waals surface area contributed by atoms with E-state index in [4.69, 9.17) is 0 Å². The van der Waals surface area contributed by atoms with E-state index in [0.29, 0.717) is 24.3 Å². The second-order valence-corrected chi connectivity index (χ2v) is 7.40. The first kappa shape index (κ1) is 25.9. The molecular weight excluding hydrogens is 468 g/mol. The smallest absolute Gasteiger partial charge is 0.170 e. The molecule has 0 unspecified atom stereocenters. The zero-order valence-corrected chi connectivity index (χ0v) is 16.2. The molecule has 0 amide bonds. The molecule has 2 aromatic rings. The third-order valence-corrected chi connectivity index (χ3v) is 5.53. The highest BCUT2D eigenvalue weighted by atomic mass is 19.4. The van der Waals surface area contributed by atoms with Gasteiger partial charge < -0.3 is 0 Å². The first-order valence-electron chi connectivity index (χ1n) is 8.66. The minimum Gasteiger partial charge on any atom is -0.170 e. The number of hydrogen-bond donors (Lipinski definition) is 0. The number of hydrogen-bond acceptors (Lipinski definition) is 0. The lowest BCUT2D eigenvalue weighted by Crippen LogP contribution is -2.51. The molecule has 0 heterocycles. The molecule has 0 fully saturated rings. The van der Waals surface area contributed by atoms with E-state index in [1.54, 1.807) is 0 Å².